The van der Waals surface area contributed by atoms with Gasteiger partial charge in [-0.15, -0.1) is 0 Å². The van der Waals surface area contributed by atoms with E-state index in [-0.39, 0.29) is 11.5 Å². The summed E-state index contributed by atoms with van der Waals surface area (Å²) in [6, 6.07) is 17.8. The maximum absolute atomic E-state index is 13.2. The van der Waals surface area contributed by atoms with Crippen molar-refractivity contribution < 1.29 is 19.1 Å². The fourth-order valence-electron chi connectivity index (χ4n) is 4.47. The summed E-state index contributed by atoms with van der Waals surface area (Å²) in [4.78, 5) is 40.0. The van der Waals surface area contributed by atoms with E-state index in [1.165, 1.54) is 43.1 Å². The topological polar surface area (TPSA) is 63.7 Å². The molecule has 1 aliphatic rings. The van der Waals surface area contributed by atoms with Gasteiger partial charge in [-0.05, 0) is 36.1 Å². The Bertz CT molecular complexity index is 1190. The molecule has 0 spiro atoms. The zero-order valence-corrected chi connectivity index (χ0v) is 19.7. The molecule has 0 radical (unpaired) electrons. The molecule has 0 aromatic heterocycles. The second-order valence-corrected chi connectivity index (χ2v) is 8.82. The highest BCUT2D eigenvalue weighted by molar-refractivity contribution is 6.36. The van der Waals surface area contributed by atoms with Crippen LogP contribution in [0, 0.1) is 0 Å². The molecule has 1 heterocycles. The van der Waals surface area contributed by atoms with Gasteiger partial charge in [0.1, 0.15) is 0 Å². The molecule has 0 atom stereocenters. The molecule has 0 saturated carbocycles. The summed E-state index contributed by atoms with van der Waals surface area (Å²) in [5.41, 5.74) is 1.37. The molecule has 0 N–H and O–H groups in total. The predicted octanol–water partition coefficient (Wildman–Crippen LogP) is 6.94. The number of unbranched alkanes of at least 4 members (excludes halogenated alkanes) is 7. The maximum atomic E-state index is 13.2. The van der Waals surface area contributed by atoms with Crippen LogP contribution in [0.3, 0.4) is 0 Å². The zero-order valence-electron chi connectivity index (χ0n) is 19.7. The van der Waals surface area contributed by atoms with Gasteiger partial charge in [0.25, 0.3) is 11.8 Å². The van der Waals surface area contributed by atoms with E-state index in [2.05, 4.69) is 6.92 Å². The number of esters is 1. The SMILES string of the molecule is CCCCCCCCCCOC(=O)c1ccc2c(c1)C(=O)N(c1cccc3ccccc13)C2=O. The second-order valence-electron chi connectivity index (χ2n) is 8.82. The van der Waals surface area contributed by atoms with E-state index < -0.39 is 11.9 Å². The quantitative estimate of drug-likeness (QED) is 0.178. The molecule has 3 aromatic carbocycles. The van der Waals surface area contributed by atoms with Crippen LogP contribution in [0.5, 0.6) is 0 Å². The van der Waals surface area contributed by atoms with Gasteiger partial charge in [0.05, 0.1) is 29.0 Å². The Balaban J connectivity index is 1.38. The van der Waals surface area contributed by atoms with Gasteiger partial charge in [-0.2, -0.15) is 0 Å². The van der Waals surface area contributed by atoms with Crippen molar-refractivity contribution in [2.75, 3.05) is 11.5 Å². The molecule has 0 unspecified atom stereocenters. The van der Waals surface area contributed by atoms with E-state index >= 15 is 0 Å². The fourth-order valence-corrected chi connectivity index (χ4v) is 4.47. The van der Waals surface area contributed by atoms with Crippen LogP contribution in [-0.2, 0) is 4.74 Å². The highest BCUT2D eigenvalue weighted by atomic mass is 16.5. The van der Waals surface area contributed by atoms with Gasteiger partial charge in [0, 0.05) is 5.39 Å². The number of carbonyl (C=O) groups is 3. The molecule has 2 amide bonds. The Morgan fingerprint density at radius 1 is 0.765 bits per heavy atom. The van der Waals surface area contributed by atoms with Gasteiger partial charge >= 0.3 is 5.97 Å². The monoisotopic (exact) mass is 457 g/mol. The molecule has 34 heavy (non-hydrogen) atoms. The van der Waals surface area contributed by atoms with Crippen molar-refractivity contribution in [1.82, 2.24) is 0 Å². The van der Waals surface area contributed by atoms with Gasteiger partial charge in [0.15, 0.2) is 0 Å². The lowest BCUT2D eigenvalue weighted by atomic mass is 10.1. The minimum atomic E-state index is -0.463. The summed E-state index contributed by atoms with van der Waals surface area (Å²) in [7, 11) is 0. The molecule has 1 aliphatic heterocycles. The summed E-state index contributed by atoms with van der Waals surface area (Å²) in [5.74, 6) is -1.26. The Hall–Kier alpha value is -3.47. The van der Waals surface area contributed by atoms with E-state index in [4.69, 9.17) is 4.74 Å². The standard InChI is InChI=1S/C29H31NO4/c1-2-3-4-5-6-7-8-11-19-34-29(33)22-17-18-24-25(20-22)28(32)30(27(24)31)26-16-12-14-21-13-9-10-15-23(21)26/h9-10,12-18,20H,2-8,11,19H2,1H3. The molecule has 0 bridgehead atoms. The molecular weight excluding hydrogens is 426 g/mol. The number of benzene rings is 3. The maximum Gasteiger partial charge on any atom is 0.338 e. The van der Waals surface area contributed by atoms with E-state index in [1.807, 2.05) is 36.4 Å². The minimum Gasteiger partial charge on any atom is -0.462 e. The number of nitrogens with zero attached hydrogens (tertiary/aromatic N) is 1. The number of ether oxygens (including phenoxy) is 1. The lowest BCUT2D eigenvalue weighted by Crippen LogP contribution is -2.29. The van der Waals surface area contributed by atoms with Gasteiger partial charge < -0.3 is 4.74 Å². The van der Waals surface area contributed by atoms with Crippen LogP contribution < -0.4 is 4.90 Å². The van der Waals surface area contributed by atoms with Crippen LogP contribution in [0.25, 0.3) is 10.8 Å². The van der Waals surface area contributed by atoms with E-state index in [0.717, 1.165) is 30.0 Å². The number of hydrogen-bond acceptors (Lipinski definition) is 4. The molecule has 0 fully saturated rings. The van der Waals surface area contributed by atoms with Crippen molar-refractivity contribution in [3.05, 3.63) is 77.4 Å². The largest absolute Gasteiger partial charge is 0.462 e. The minimum absolute atomic E-state index is 0.236. The van der Waals surface area contributed by atoms with Gasteiger partial charge in [0.2, 0.25) is 0 Å². The average molecular weight is 458 g/mol. The highest BCUT2D eigenvalue weighted by Gasteiger charge is 2.37. The highest BCUT2D eigenvalue weighted by Crippen LogP contribution is 2.34. The van der Waals surface area contributed by atoms with Crippen LogP contribution in [0.4, 0.5) is 5.69 Å². The third-order valence-electron chi connectivity index (χ3n) is 6.36. The van der Waals surface area contributed by atoms with Crippen LogP contribution in [-0.4, -0.2) is 24.4 Å². The molecule has 176 valence electrons. The summed E-state index contributed by atoms with van der Waals surface area (Å²) >= 11 is 0. The van der Waals surface area contributed by atoms with Crippen molar-refractivity contribution in [3.8, 4) is 0 Å². The number of imide groups is 1. The number of hydrogen-bond donors (Lipinski definition) is 0. The van der Waals surface area contributed by atoms with Crippen molar-refractivity contribution in [1.29, 1.82) is 0 Å². The Kier molecular flexibility index (Phi) is 7.73. The molecular formula is C29H31NO4. The molecule has 5 heteroatoms. The zero-order chi connectivity index (χ0) is 23.9. The molecule has 4 rings (SSSR count). The summed E-state index contributed by atoms with van der Waals surface area (Å²) in [5, 5.41) is 1.77. The Morgan fingerprint density at radius 2 is 1.44 bits per heavy atom. The number of fused-ring (bicyclic) bond motifs is 2. The van der Waals surface area contributed by atoms with Crippen molar-refractivity contribution in [3.63, 3.8) is 0 Å². The first kappa shape index (κ1) is 23.7. The predicted molar refractivity (Wildman–Crippen MR) is 134 cm³/mol. The van der Waals surface area contributed by atoms with Crippen LogP contribution >= 0.6 is 0 Å². The van der Waals surface area contributed by atoms with Crippen LogP contribution in [0.1, 0.15) is 89.4 Å². The number of carbonyl (C=O) groups excluding carboxylic acids is 3. The van der Waals surface area contributed by atoms with Crippen molar-refractivity contribution in [2.24, 2.45) is 0 Å². The van der Waals surface area contributed by atoms with E-state index in [0.29, 0.717) is 23.4 Å². The van der Waals surface area contributed by atoms with Crippen molar-refractivity contribution >= 4 is 34.2 Å². The third kappa shape index (κ3) is 5.04. The molecule has 0 saturated heterocycles. The molecule has 0 aliphatic carbocycles. The smallest absolute Gasteiger partial charge is 0.338 e. The lowest BCUT2D eigenvalue weighted by molar-refractivity contribution is 0.0497. The van der Waals surface area contributed by atoms with Crippen LogP contribution in [0.15, 0.2) is 60.7 Å². The Labute approximate surface area is 200 Å². The molecule has 5 nitrogen and oxygen atoms in total. The lowest BCUT2D eigenvalue weighted by Gasteiger charge is -2.16. The number of rotatable bonds is 11. The average Bonchev–Trinajstić information content (AvgIpc) is 3.11. The number of amides is 2. The van der Waals surface area contributed by atoms with Gasteiger partial charge in [-0.25, -0.2) is 9.69 Å². The first-order chi connectivity index (χ1) is 16.6. The number of anilines is 1. The Morgan fingerprint density at radius 3 is 2.24 bits per heavy atom. The second kappa shape index (κ2) is 11.1. The fraction of sp³-hybridized carbons (Fsp3) is 0.345. The third-order valence-corrected chi connectivity index (χ3v) is 6.36. The normalized spacial score (nSPS) is 12.9. The summed E-state index contributed by atoms with van der Waals surface area (Å²) in [6.45, 7) is 2.57. The van der Waals surface area contributed by atoms with Gasteiger partial charge in [-0.1, -0.05) is 88.3 Å². The summed E-state index contributed by atoms with van der Waals surface area (Å²) in [6.07, 6.45) is 9.36. The van der Waals surface area contributed by atoms with Gasteiger partial charge in [-0.3, -0.25) is 9.59 Å². The molecule has 3 aromatic rings. The van der Waals surface area contributed by atoms with E-state index in [1.54, 1.807) is 18.2 Å². The first-order valence-electron chi connectivity index (χ1n) is 12.3. The first-order valence-corrected chi connectivity index (χ1v) is 12.3. The van der Waals surface area contributed by atoms with Crippen molar-refractivity contribution in [2.45, 2.75) is 58.3 Å². The van der Waals surface area contributed by atoms with Crippen LogP contribution in [0.2, 0.25) is 0 Å². The summed E-state index contributed by atoms with van der Waals surface area (Å²) < 4.78 is 5.42. The van der Waals surface area contributed by atoms with E-state index in [9.17, 15) is 14.4 Å².